The average molecular weight is 261 g/mol. The lowest BCUT2D eigenvalue weighted by molar-refractivity contribution is 0.620. The van der Waals surface area contributed by atoms with Crippen LogP contribution in [0.4, 0.5) is 21.8 Å². The quantitative estimate of drug-likeness (QED) is 0.741. The van der Waals surface area contributed by atoms with Crippen LogP contribution in [0.15, 0.2) is 29.9 Å². The number of hydrogen-bond donors (Lipinski definition) is 2. The van der Waals surface area contributed by atoms with Crippen LogP contribution >= 0.6 is 11.3 Å². The minimum atomic E-state index is -0.548. The number of halogens is 1. The molecule has 0 aliphatic carbocycles. The van der Waals surface area contributed by atoms with E-state index in [1.54, 1.807) is 11.6 Å². The first kappa shape index (κ1) is 10.8. The molecule has 5 nitrogen and oxygen atoms in total. The van der Waals surface area contributed by atoms with Crippen LogP contribution in [0, 0.1) is 5.82 Å². The maximum atomic E-state index is 13.5. The number of rotatable bonds is 2. The topological polar surface area (TPSA) is 76.7 Å². The number of anilines is 3. The molecule has 3 rings (SSSR count). The number of aromatic nitrogens is 3. The Balaban J connectivity index is 1.97. The van der Waals surface area contributed by atoms with Gasteiger partial charge in [-0.05, 0) is 18.2 Å². The van der Waals surface area contributed by atoms with E-state index in [1.165, 1.54) is 11.3 Å². The molecule has 0 atom stereocenters. The summed E-state index contributed by atoms with van der Waals surface area (Å²) < 4.78 is 14.5. The second kappa shape index (κ2) is 4.19. The molecular weight excluding hydrogens is 253 g/mol. The van der Waals surface area contributed by atoms with E-state index in [1.807, 2.05) is 12.1 Å². The largest absolute Gasteiger partial charge is 0.368 e. The third kappa shape index (κ3) is 1.95. The molecule has 0 radical (unpaired) electrons. The van der Waals surface area contributed by atoms with Crippen molar-refractivity contribution in [2.75, 3.05) is 11.1 Å². The molecule has 90 valence electrons. The Hall–Kier alpha value is -2.28. The smallest absolute Gasteiger partial charge is 0.222 e. The van der Waals surface area contributed by atoms with E-state index in [-0.39, 0.29) is 11.8 Å². The van der Waals surface area contributed by atoms with Gasteiger partial charge in [0.1, 0.15) is 0 Å². The van der Waals surface area contributed by atoms with Crippen LogP contribution in [0.25, 0.3) is 10.2 Å². The van der Waals surface area contributed by atoms with Crippen molar-refractivity contribution in [2.24, 2.45) is 0 Å². The Bertz CT molecular complexity index is 711. The summed E-state index contributed by atoms with van der Waals surface area (Å²) in [5, 5.41) is 2.87. The van der Waals surface area contributed by atoms with E-state index in [0.29, 0.717) is 0 Å². The lowest BCUT2D eigenvalue weighted by Gasteiger charge is -2.06. The van der Waals surface area contributed by atoms with Crippen molar-refractivity contribution in [2.45, 2.75) is 0 Å². The molecule has 2 heterocycles. The van der Waals surface area contributed by atoms with Crippen molar-refractivity contribution in [3.05, 3.63) is 35.7 Å². The highest BCUT2D eigenvalue weighted by molar-refractivity contribution is 7.16. The molecule has 0 unspecified atom stereocenters. The van der Waals surface area contributed by atoms with Gasteiger partial charge in [0.05, 0.1) is 21.9 Å². The van der Waals surface area contributed by atoms with Crippen molar-refractivity contribution in [3.63, 3.8) is 0 Å². The molecule has 7 heteroatoms. The first-order valence-electron chi connectivity index (χ1n) is 5.11. The van der Waals surface area contributed by atoms with Crippen molar-refractivity contribution in [1.82, 2.24) is 15.0 Å². The van der Waals surface area contributed by atoms with E-state index in [0.717, 1.165) is 22.1 Å². The number of fused-ring (bicyclic) bond motifs is 1. The fraction of sp³-hybridized carbons (Fsp3) is 0. The lowest BCUT2D eigenvalue weighted by Crippen LogP contribution is -2.02. The summed E-state index contributed by atoms with van der Waals surface area (Å²) in [6.07, 6.45) is 1.04. The minimum absolute atomic E-state index is 0.0257. The molecule has 1 aromatic carbocycles. The highest BCUT2D eigenvalue weighted by atomic mass is 32.1. The van der Waals surface area contributed by atoms with Crippen LogP contribution < -0.4 is 11.1 Å². The molecule has 2 aromatic heterocycles. The summed E-state index contributed by atoms with van der Waals surface area (Å²) in [6, 6.07) is 5.54. The van der Waals surface area contributed by atoms with E-state index < -0.39 is 5.82 Å². The normalized spacial score (nSPS) is 10.7. The van der Waals surface area contributed by atoms with Gasteiger partial charge < -0.3 is 11.1 Å². The molecule has 0 aliphatic rings. The Kier molecular flexibility index (Phi) is 2.52. The predicted molar refractivity (Wildman–Crippen MR) is 69.3 cm³/mol. The number of nitrogens with one attached hydrogen (secondary N) is 1. The monoisotopic (exact) mass is 261 g/mol. The van der Waals surface area contributed by atoms with Crippen LogP contribution in [0.1, 0.15) is 0 Å². The van der Waals surface area contributed by atoms with Crippen molar-refractivity contribution in [3.8, 4) is 0 Å². The summed E-state index contributed by atoms with van der Waals surface area (Å²) in [4.78, 5) is 11.5. The second-order valence-electron chi connectivity index (χ2n) is 3.58. The Morgan fingerprint density at radius 3 is 3.06 bits per heavy atom. The van der Waals surface area contributed by atoms with Crippen molar-refractivity contribution in [1.29, 1.82) is 0 Å². The van der Waals surface area contributed by atoms with Gasteiger partial charge in [-0.1, -0.05) is 0 Å². The van der Waals surface area contributed by atoms with Crippen molar-refractivity contribution < 1.29 is 4.39 Å². The number of thiazole rings is 1. The van der Waals surface area contributed by atoms with Gasteiger partial charge in [-0.25, -0.2) is 14.4 Å². The summed E-state index contributed by atoms with van der Waals surface area (Å²) in [7, 11) is 0. The Labute approximate surface area is 106 Å². The fourth-order valence-corrected chi connectivity index (χ4v) is 2.25. The van der Waals surface area contributed by atoms with Crippen molar-refractivity contribution >= 4 is 39.0 Å². The van der Waals surface area contributed by atoms with Crippen LogP contribution in [-0.2, 0) is 0 Å². The number of nitrogen functional groups attached to an aromatic ring is 1. The first-order valence-corrected chi connectivity index (χ1v) is 5.98. The summed E-state index contributed by atoms with van der Waals surface area (Å²) in [6.45, 7) is 0. The van der Waals surface area contributed by atoms with E-state index in [2.05, 4.69) is 20.3 Å². The Morgan fingerprint density at radius 2 is 2.17 bits per heavy atom. The zero-order chi connectivity index (χ0) is 12.5. The average Bonchev–Trinajstić information content (AvgIpc) is 2.81. The molecule has 18 heavy (non-hydrogen) atoms. The third-order valence-corrected chi connectivity index (χ3v) is 3.15. The molecule has 0 bridgehead atoms. The maximum absolute atomic E-state index is 13.5. The van der Waals surface area contributed by atoms with Gasteiger partial charge in [-0.2, -0.15) is 4.98 Å². The van der Waals surface area contributed by atoms with E-state index >= 15 is 0 Å². The van der Waals surface area contributed by atoms with E-state index in [9.17, 15) is 4.39 Å². The summed E-state index contributed by atoms with van der Waals surface area (Å²) >= 11 is 1.52. The third-order valence-electron chi connectivity index (χ3n) is 2.36. The predicted octanol–water partition coefficient (Wildman–Crippen LogP) is 2.55. The molecule has 0 saturated heterocycles. The molecular formula is C11H8FN5S. The highest BCUT2D eigenvalue weighted by Gasteiger charge is 2.06. The number of hydrogen-bond acceptors (Lipinski definition) is 6. The van der Waals surface area contributed by atoms with Gasteiger partial charge in [0.25, 0.3) is 0 Å². The number of nitrogens with zero attached hydrogens (tertiary/aromatic N) is 3. The zero-order valence-electron chi connectivity index (χ0n) is 9.09. The van der Waals surface area contributed by atoms with Gasteiger partial charge in [0.15, 0.2) is 11.6 Å². The molecule has 0 spiro atoms. The second-order valence-corrected chi connectivity index (χ2v) is 4.47. The molecule has 0 amide bonds. The number of nitrogens with two attached hydrogens (primary N) is 1. The van der Waals surface area contributed by atoms with Crippen LogP contribution in [0.5, 0.6) is 0 Å². The summed E-state index contributed by atoms with van der Waals surface area (Å²) in [5.74, 6) is -0.460. The molecule has 0 fully saturated rings. The van der Waals surface area contributed by atoms with Crippen LogP contribution in [-0.4, -0.2) is 15.0 Å². The standard InChI is InChI=1S/C11H8FN5S/c12-7-4-14-11(13)17-10(7)16-6-1-2-8-9(3-6)18-5-15-8/h1-5H,(H3,13,14,16,17). The molecule has 3 aromatic rings. The Morgan fingerprint density at radius 1 is 1.28 bits per heavy atom. The van der Waals surface area contributed by atoms with Gasteiger partial charge in [0.2, 0.25) is 5.95 Å². The van der Waals surface area contributed by atoms with Gasteiger partial charge in [-0.3, -0.25) is 0 Å². The summed E-state index contributed by atoms with van der Waals surface area (Å²) in [5.41, 5.74) is 8.82. The minimum Gasteiger partial charge on any atom is -0.368 e. The molecule has 3 N–H and O–H groups in total. The molecule has 0 saturated carbocycles. The SMILES string of the molecule is Nc1ncc(F)c(Nc2ccc3ncsc3c2)n1. The maximum Gasteiger partial charge on any atom is 0.222 e. The fourth-order valence-electron chi connectivity index (χ4n) is 1.54. The van der Waals surface area contributed by atoms with Gasteiger partial charge in [0, 0.05) is 5.69 Å². The molecule has 0 aliphatic heterocycles. The van der Waals surface area contributed by atoms with Gasteiger partial charge >= 0.3 is 0 Å². The van der Waals surface area contributed by atoms with E-state index in [4.69, 9.17) is 5.73 Å². The number of benzene rings is 1. The van der Waals surface area contributed by atoms with Crippen LogP contribution in [0.2, 0.25) is 0 Å². The zero-order valence-corrected chi connectivity index (χ0v) is 9.91. The lowest BCUT2D eigenvalue weighted by atomic mass is 10.3. The first-order chi connectivity index (χ1) is 8.72. The highest BCUT2D eigenvalue weighted by Crippen LogP contribution is 2.24. The van der Waals surface area contributed by atoms with Gasteiger partial charge in [-0.15, -0.1) is 11.3 Å². The van der Waals surface area contributed by atoms with Crippen LogP contribution in [0.3, 0.4) is 0 Å².